The first-order chi connectivity index (χ1) is 7.54. The third-order valence-electron chi connectivity index (χ3n) is 2.19. The van der Waals surface area contributed by atoms with Gasteiger partial charge in [-0.3, -0.25) is 0 Å². The molecule has 0 heterocycles. The first-order valence-electron chi connectivity index (χ1n) is 4.84. The van der Waals surface area contributed by atoms with Gasteiger partial charge in [0.05, 0.1) is 11.7 Å². The van der Waals surface area contributed by atoms with Gasteiger partial charge in [-0.1, -0.05) is 15.9 Å². The van der Waals surface area contributed by atoms with Gasteiger partial charge in [0, 0.05) is 23.8 Å². The molecule has 0 fully saturated rings. The smallest absolute Gasteiger partial charge is 0.337 e. The Labute approximate surface area is 103 Å². The summed E-state index contributed by atoms with van der Waals surface area (Å²) in [6.07, 6.45) is 0.0284. The van der Waals surface area contributed by atoms with Gasteiger partial charge in [-0.2, -0.15) is 0 Å². The minimum absolute atomic E-state index is 0.0284. The Morgan fingerprint density at radius 2 is 2.31 bits per heavy atom. The van der Waals surface area contributed by atoms with Gasteiger partial charge in [-0.25, -0.2) is 4.79 Å². The number of nitrogens with one attached hydrogen (secondary N) is 1. The van der Waals surface area contributed by atoms with Gasteiger partial charge in [-0.05, 0) is 25.1 Å². The summed E-state index contributed by atoms with van der Waals surface area (Å²) in [6.45, 7) is 2.47. The van der Waals surface area contributed by atoms with Gasteiger partial charge in [0.15, 0.2) is 0 Å². The minimum Gasteiger partial charge on any atom is -0.478 e. The average molecular weight is 288 g/mol. The van der Waals surface area contributed by atoms with Gasteiger partial charge >= 0.3 is 5.97 Å². The topological polar surface area (TPSA) is 58.6 Å². The lowest BCUT2D eigenvalue weighted by Gasteiger charge is -2.13. The molecule has 1 aromatic carbocycles. The maximum Gasteiger partial charge on any atom is 0.337 e. The number of anilines is 1. The van der Waals surface area contributed by atoms with Crippen molar-refractivity contribution in [2.75, 3.05) is 19.0 Å². The lowest BCUT2D eigenvalue weighted by Crippen LogP contribution is -2.19. The maximum atomic E-state index is 11.0. The summed E-state index contributed by atoms with van der Waals surface area (Å²) in [4.78, 5) is 11.0. The van der Waals surface area contributed by atoms with Crippen LogP contribution in [0.15, 0.2) is 22.7 Å². The zero-order valence-corrected chi connectivity index (χ0v) is 10.7. The largest absolute Gasteiger partial charge is 0.478 e. The van der Waals surface area contributed by atoms with E-state index in [2.05, 4.69) is 21.2 Å². The number of hydrogen-bond acceptors (Lipinski definition) is 3. The third kappa shape index (κ3) is 3.50. The second-order valence-corrected chi connectivity index (χ2v) is 4.34. The molecule has 0 saturated heterocycles. The van der Waals surface area contributed by atoms with Crippen LogP contribution in [-0.4, -0.2) is 30.8 Å². The van der Waals surface area contributed by atoms with Crippen molar-refractivity contribution in [3.05, 3.63) is 28.2 Å². The first-order valence-corrected chi connectivity index (χ1v) is 5.63. The Bertz CT molecular complexity index is 381. The van der Waals surface area contributed by atoms with E-state index in [1.807, 2.05) is 6.92 Å². The van der Waals surface area contributed by atoms with E-state index in [0.29, 0.717) is 12.2 Å². The fourth-order valence-corrected chi connectivity index (χ4v) is 1.55. The Morgan fingerprint density at radius 3 is 2.88 bits per heavy atom. The van der Waals surface area contributed by atoms with E-state index in [-0.39, 0.29) is 11.7 Å². The highest BCUT2D eigenvalue weighted by Crippen LogP contribution is 2.21. The molecular formula is C11H14BrNO3. The van der Waals surface area contributed by atoms with Crippen LogP contribution in [0.3, 0.4) is 0 Å². The standard InChI is InChI=1S/C11H14BrNO3/c1-7(16-2)6-13-10-5-8(12)3-4-9(10)11(14)15/h3-5,7,13H,6H2,1-2H3,(H,14,15). The molecule has 0 aromatic heterocycles. The van der Waals surface area contributed by atoms with Crippen LogP contribution in [0.1, 0.15) is 17.3 Å². The Morgan fingerprint density at radius 1 is 1.62 bits per heavy atom. The summed E-state index contributed by atoms with van der Waals surface area (Å²) in [5.74, 6) is -0.944. The number of methoxy groups -OCH3 is 1. The highest BCUT2D eigenvalue weighted by atomic mass is 79.9. The van der Waals surface area contributed by atoms with E-state index in [9.17, 15) is 4.79 Å². The Hall–Kier alpha value is -1.07. The maximum absolute atomic E-state index is 11.0. The molecule has 0 radical (unpaired) electrons. The first kappa shape index (κ1) is 13.0. The van der Waals surface area contributed by atoms with Crippen LogP contribution in [0.5, 0.6) is 0 Å². The van der Waals surface area contributed by atoms with E-state index in [1.165, 1.54) is 0 Å². The van der Waals surface area contributed by atoms with E-state index in [4.69, 9.17) is 9.84 Å². The molecule has 4 nitrogen and oxygen atoms in total. The molecule has 1 unspecified atom stereocenters. The van der Waals surface area contributed by atoms with Crippen LogP contribution in [0, 0.1) is 0 Å². The van der Waals surface area contributed by atoms with Crippen molar-refractivity contribution in [2.45, 2.75) is 13.0 Å². The van der Waals surface area contributed by atoms with E-state index in [0.717, 1.165) is 4.47 Å². The van der Waals surface area contributed by atoms with Crippen molar-refractivity contribution in [3.8, 4) is 0 Å². The molecule has 88 valence electrons. The highest BCUT2D eigenvalue weighted by Gasteiger charge is 2.10. The summed E-state index contributed by atoms with van der Waals surface area (Å²) in [7, 11) is 1.62. The predicted molar refractivity (Wildman–Crippen MR) is 66.1 cm³/mol. The van der Waals surface area contributed by atoms with Crippen molar-refractivity contribution >= 4 is 27.6 Å². The minimum atomic E-state index is -0.944. The highest BCUT2D eigenvalue weighted by molar-refractivity contribution is 9.10. The zero-order chi connectivity index (χ0) is 12.1. The third-order valence-corrected chi connectivity index (χ3v) is 2.69. The number of hydrogen-bond donors (Lipinski definition) is 2. The van der Waals surface area contributed by atoms with E-state index >= 15 is 0 Å². The summed E-state index contributed by atoms with van der Waals surface area (Å²) in [5.41, 5.74) is 0.845. The zero-order valence-electron chi connectivity index (χ0n) is 9.16. The van der Waals surface area contributed by atoms with Crippen LogP contribution in [0.4, 0.5) is 5.69 Å². The van der Waals surface area contributed by atoms with Gasteiger partial charge < -0.3 is 15.2 Å². The van der Waals surface area contributed by atoms with Crippen LogP contribution in [0.2, 0.25) is 0 Å². The number of benzene rings is 1. The van der Waals surface area contributed by atoms with Crippen LogP contribution < -0.4 is 5.32 Å². The van der Waals surface area contributed by atoms with Crippen LogP contribution >= 0.6 is 15.9 Å². The summed E-state index contributed by atoms with van der Waals surface area (Å²) in [6, 6.07) is 5.01. The fourth-order valence-electron chi connectivity index (χ4n) is 1.19. The molecule has 5 heteroatoms. The molecule has 0 spiro atoms. The van der Waals surface area contributed by atoms with E-state index in [1.54, 1.807) is 25.3 Å². The summed E-state index contributed by atoms with van der Waals surface area (Å²) >= 11 is 3.31. The number of carboxylic acids is 1. The second kappa shape index (κ2) is 5.86. The molecule has 0 saturated carbocycles. The van der Waals surface area contributed by atoms with Crippen molar-refractivity contribution in [1.82, 2.24) is 0 Å². The van der Waals surface area contributed by atoms with Gasteiger partial charge in [0.2, 0.25) is 0 Å². The molecule has 16 heavy (non-hydrogen) atoms. The van der Waals surface area contributed by atoms with Crippen molar-refractivity contribution < 1.29 is 14.6 Å². The van der Waals surface area contributed by atoms with Gasteiger partial charge in [-0.15, -0.1) is 0 Å². The molecule has 0 aliphatic rings. The number of aromatic carboxylic acids is 1. The lowest BCUT2D eigenvalue weighted by molar-refractivity contribution is 0.0697. The molecule has 0 amide bonds. The number of rotatable bonds is 5. The number of carboxylic acid groups (broad SMARTS) is 1. The molecule has 1 atom stereocenters. The number of ether oxygens (including phenoxy) is 1. The molecule has 0 aliphatic heterocycles. The second-order valence-electron chi connectivity index (χ2n) is 3.42. The molecule has 0 aliphatic carbocycles. The van der Waals surface area contributed by atoms with E-state index < -0.39 is 5.97 Å². The Kier molecular flexibility index (Phi) is 4.76. The van der Waals surface area contributed by atoms with Gasteiger partial charge in [0.25, 0.3) is 0 Å². The average Bonchev–Trinajstić information content (AvgIpc) is 2.25. The molecule has 2 N–H and O–H groups in total. The Balaban J connectivity index is 2.84. The lowest BCUT2D eigenvalue weighted by atomic mass is 10.2. The quantitative estimate of drug-likeness (QED) is 0.874. The van der Waals surface area contributed by atoms with Crippen molar-refractivity contribution in [2.24, 2.45) is 0 Å². The van der Waals surface area contributed by atoms with Gasteiger partial charge in [0.1, 0.15) is 0 Å². The van der Waals surface area contributed by atoms with Crippen molar-refractivity contribution in [3.63, 3.8) is 0 Å². The fraction of sp³-hybridized carbons (Fsp3) is 0.364. The summed E-state index contributed by atoms with van der Waals surface area (Å²) < 4.78 is 5.92. The summed E-state index contributed by atoms with van der Waals surface area (Å²) in [5, 5.41) is 12.0. The predicted octanol–water partition coefficient (Wildman–Crippen LogP) is 2.59. The van der Waals surface area contributed by atoms with Crippen LogP contribution in [0.25, 0.3) is 0 Å². The molecule has 0 bridgehead atoms. The molecular weight excluding hydrogens is 274 g/mol. The molecule has 1 rings (SSSR count). The number of carbonyl (C=O) groups is 1. The molecule has 1 aromatic rings. The van der Waals surface area contributed by atoms with Crippen LogP contribution in [-0.2, 0) is 4.74 Å². The van der Waals surface area contributed by atoms with Crippen molar-refractivity contribution in [1.29, 1.82) is 0 Å². The SMILES string of the molecule is COC(C)CNc1cc(Br)ccc1C(=O)O. The number of halogens is 1. The monoisotopic (exact) mass is 287 g/mol. The normalized spacial score (nSPS) is 12.2.